The monoisotopic (exact) mass is 365 g/mol. The van der Waals surface area contributed by atoms with E-state index in [9.17, 15) is 14.0 Å². The number of benzene rings is 2. The third-order valence-electron chi connectivity index (χ3n) is 3.68. The summed E-state index contributed by atoms with van der Waals surface area (Å²) in [6.45, 7) is 0. The van der Waals surface area contributed by atoms with Gasteiger partial charge in [0.15, 0.2) is 0 Å². The van der Waals surface area contributed by atoms with E-state index in [0.29, 0.717) is 28.3 Å². The minimum atomic E-state index is -0.482. The van der Waals surface area contributed by atoms with Crippen LogP contribution in [-0.2, 0) is 4.74 Å². The fourth-order valence-corrected chi connectivity index (χ4v) is 2.33. The molecule has 27 heavy (non-hydrogen) atoms. The Morgan fingerprint density at radius 3 is 2.41 bits per heavy atom. The molecule has 0 aliphatic heterocycles. The molecule has 0 saturated carbocycles. The van der Waals surface area contributed by atoms with Crippen LogP contribution in [0.1, 0.15) is 20.7 Å². The summed E-state index contributed by atoms with van der Waals surface area (Å²) in [7, 11) is 1.29. The molecule has 1 amide bonds. The molecule has 0 unspecified atom stereocenters. The first-order valence-electron chi connectivity index (χ1n) is 8.03. The summed E-state index contributed by atoms with van der Waals surface area (Å²) in [5.41, 5.74) is 1.84. The van der Waals surface area contributed by atoms with Crippen molar-refractivity contribution in [2.75, 3.05) is 17.7 Å². The number of carbonyl (C=O) groups is 2. The Kier molecular flexibility index (Phi) is 5.41. The van der Waals surface area contributed by atoms with Gasteiger partial charge in [-0.3, -0.25) is 4.79 Å². The maximum absolute atomic E-state index is 12.9. The molecule has 1 heterocycles. The number of esters is 1. The van der Waals surface area contributed by atoms with Crippen LogP contribution in [-0.4, -0.2) is 24.0 Å². The molecule has 136 valence electrons. The quantitative estimate of drug-likeness (QED) is 0.668. The average molecular weight is 365 g/mol. The minimum absolute atomic E-state index is 0.322. The number of amides is 1. The number of halogens is 1. The summed E-state index contributed by atoms with van der Waals surface area (Å²) >= 11 is 0. The lowest BCUT2D eigenvalue weighted by Crippen LogP contribution is -2.13. The number of hydrogen-bond acceptors (Lipinski definition) is 5. The highest BCUT2D eigenvalue weighted by molar-refractivity contribution is 6.04. The molecule has 2 N–H and O–H groups in total. The lowest BCUT2D eigenvalue weighted by Gasteiger charge is -2.08. The molecule has 0 fully saturated rings. The van der Waals surface area contributed by atoms with Crippen molar-refractivity contribution >= 4 is 29.1 Å². The fourth-order valence-electron chi connectivity index (χ4n) is 2.33. The predicted molar refractivity (Wildman–Crippen MR) is 99.7 cm³/mol. The molecule has 6 nitrogen and oxygen atoms in total. The maximum atomic E-state index is 12.9. The van der Waals surface area contributed by atoms with Gasteiger partial charge < -0.3 is 15.4 Å². The molecule has 0 saturated heterocycles. The first-order chi connectivity index (χ1) is 13.0. The zero-order chi connectivity index (χ0) is 19.2. The molecule has 3 rings (SSSR count). The Morgan fingerprint density at radius 2 is 1.74 bits per heavy atom. The second-order valence-electron chi connectivity index (χ2n) is 5.59. The fraction of sp³-hybridized carbons (Fsp3) is 0.0500. The number of nitrogens with zero attached hydrogens (tertiary/aromatic N) is 1. The third-order valence-corrected chi connectivity index (χ3v) is 3.68. The summed E-state index contributed by atoms with van der Waals surface area (Å²) in [6.07, 6.45) is 1.42. The normalized spacial score (nSPS) is 10.1. The summed E-state index contributed by atoms with van der Waals surface area (Å²) in [4.78, 5) is 28.1. The Morgan fingerprint density at radius 1 is 0.963 bits per heavy atom. The topological polar surface area (TPSA) is 80.3 Å². The van der Waals surface area contributed by atoms with E-state index in [1.165, 1.54) is 31.5 Å². The van der Waals surface area contributed by atoms with Crippen LogP contribution in [0.3, 0.4) is 0 Å². The van der Waals surface area contributed by atoms with E-state index >= 15 is 0 Å². The van der Waals surface area contributed by atoms with Crippen molar-refractivity contribution in [3.8, 4) is 0 Å². The number of nitrogens with one attached hydrogen (secondary N) is 2. The molecule has 0 aliphatic rings. The zero-order valence-corrected chi connectivity index (χ0v) is 14.4. The van der Waals surface area contributed by atoms with Crippen LogP contribution in [0, 0.1) is 5.82 Å². The van der Waals surface area contributed by atoms with Crippen LogP contribution in [0.2, 0.25) is 0 Å². The minimum Gasteiger partial charge on any atom is -0.465 e. The molecule has 0 bridgehead atoms. The van der Waals surface area contributed by atoms with E-state index in [1.807, 2.05) is 0 Å². The zero-order valence-electron chi connectivity index (χ0n) is 14.4. The van der Waals surface area contributed by atoms with Crippen LogP contribution in [0.5, 0.6) is 0 Å². The van der Waals surface area contributed by atoms with Crippen LogP contribution < -0.4 is 10.6 Å². The second kappa shape index (κ2) is 8.09. The van der Waals surface area contributed by atoms with Gasteiger partial charge in [0.1, 0.15) is 11.6 Å². The van der Waals surface area contributed by atoms with E-state index in [4.69, 9.17) is 0 Å². The Labute approximate surface area is 155 Å². The Balaban J connectivity index is 1.67. The first kappa shape index (κ1) is 18.1. The van der Waals surface area contributed by atoms with E-state index in [2.05, 4.69) is 20.4 Å². The predicted octanol–water partition coefficient (Wildman–Crippen LogP) is 4.00. The van der Waals surface area contributed by atoms with E-state index < -0.39 is 5.97 Å². The molecular weight excluding hydrogens is 349 g/mol. The Hall–Kier alpha value is -3.74. The standard InChI is InChI=1S/C20H16FN3O3/c1-27-20(26)13-3-2-4-17(11-13)24-19(25)14-5-10-18(22-12-14)23-16-8-6-15(21)7-9-16/h2-12H,1H3,(H,22,23)(H,24,25). The third kappa shape index (κ3) is 4.66. The van der Waals surface area contributed by atoms with Gasteiger partial charge in [0, 0.05) is 17.6 Å². The summed E-state index contributed by atoms with van der Waals surface area (Å²) < 4.78 is 17.6. The molecular formula is C20H16FN3O3. The molecule has 1 aromatic heterocycles. The highest BCUT2D eigenvalue weighted by Gasteiger charge is 2.10. The molecule has 7 heteroatoms. The van der Waals surface area contributed by atoms with Crippen molar-refractivity contribution in [2.45, 2.75) is 0 Å². The number of methoxy groups -OCH3 is 1. The van der Waals surface area contributed by atoms with Gasteiger partial charge in [-0.2, -0.15) is 0 Å². The molecule has 0 aliphatic carbocycles. The SMILES string of the molecule is COC(=O)c1cccc(NC(=O)c2ccc(Nc3ccc(F)cc3)nc2)c1. The van der Waals surface area contributed by atoms with Gasteiger partial charge in [-0.1, -0.05) is 6.07 Å². The van der Waals surface area contributed by atoms with Crippen molar-refractivity contribution in [1.29, 1.82) is 0 Å². The van der Waals surface area contributed by atoms with Gasteiger partial charge in [-0.15, -0.1) is 0 Å². The van der Waals surface area contributed by atoms with Crippen molar-refractivity contribution in [1.82, 2.24) is 4.98 Å². The molecule has 0 radical (unpaired) electrons. The van der Waals surface area contributed by atoms with Crippen LogP contribution in [0.4, 0.5) is 21.6 Å². The van der Waals surface area contributed by atoms with Crippen molar-refractivity contribution in [3.63, 3.8) is 0 Å². The highest BCUT2D eigenvalue weighted by Crippen LogP contribution is 2.16. The lowest BCUT2D eigenvalue weighted by atomic mass is 10.2. The van der Waals surface area contributed by atoms with Gasteiger partial charge in [0.25, 0.3) is 5.91 Å². The van der Waals surface area contributed by atoms with Crippen LogP contribution in [0.15, 0.2) is 66.9 Å². The number of pyridine rings is 1. The number of rotatable bonds is 5. The maximum Gasteiger partial charge on any atom is 0.337 e. The van der Waals surface area contributed by atoms with Crippen LogP contribution >= 0.6 is 0 Å². The molecule has 3 aromatic rings. The number of carbonyl (C=O) groups excluding carboxylic acids is 2. The average Bonchev–Trinajstić information content (AvgIpc) is 2.70. The number of hydrogen-bond donors (Lipinski definition) is 2. The summed E-state index contributed by atoms with van der Waals surface area (Å²) in [6, 6.07) is 15.6. The van der Waals surface area contributed by atoms with E-state index in [1.54, 1.807) is 42.5 Å². The first-order valence-corrected chi connectivity index (χ1v) is 8.03. The highest BCUT2D eigenvalue weighted by atomic mass is 19.1. The second-order valence-corrected chi connectivity index (χ2v) is 5.59. The van der Waals surface area contributed by atoms with E-state index in [0.717, 1.165) is 0 Å². The summed E-state index contributed by atoms with van der Waals surface area (Å²) in [5.74, 6) is -0.649. The number of aromatic nitrogens is 1. The smallest absolute Gasteiger partial charge is 0.337 e. The van der Waals surface area contributed by atoms with Crippen molar-refractivity contribution < 1.29 is 18.7 Å². The van der Waals surface area contributed by atoms with Gasteiger partial charge in [0.2, 0.25) is 0 Å². The van der Waals surface area contributed by atoms with Gasteiger partial charge in [-0.05, 0) is 54.6 Å². The van der Waals surface area contributed by atoms with Gasteiger partial charge >= 0.3 is 5.97 Å². The number of ether oxygens (including phenoxy) is 1. The van der Waals surface area contributed by atoms with Crippen molar-refractivity contribution in [3.05, 3.63) is 83.8 Å². The lowest BCUT2D eigenvalue weighted by molar-refractivity contribution is 0.0600. The Bertz CT molecular complexity index is 957. The van der Waals surface area contributed by atoms with Crippen molar-refractivity contribution in [2.24, 2.45) is 0 Å². The van der Waals surface area contributed by atoms with Crippen LogP contribution in [0.25, 0.3) is 0 Å². The van der Waals surface area contributed by atoms with Gasteiger partial charge in [-0.25, -0.2) is 14.2 Å². The number of anilines is 3. The summed E-state index contributed by atoms with van der Waals surface area (Å²) in [5, 5.41) is 5.72. The molecule has 0 spiro atoms. The van der Waals surface area contributed by atoms with Gasteiger partial charge in [0.05, 0.1) is 18.2 Å². The largest absolute Gasteiger partial charge is 0.465 e. The molecule has 0 atom stereocenters. The molecule has 2 aromatic carbocycles. The van der Waals surface area contributed by atoms with E-state index in [-0.39, 0.29) is 11.7 Å².